The van der Waals surface area contributed by atoms with E-state index in [0.717, 1.165) is 0 Å². The molecule has 1 N–H and O–H groups in total. The first-order valence-corrected chi connectivity index (χ1v) is 8.65. The highest BCUT2D eigenvalue weighted by molar-refractivity contribution is 5.98. The molecular weight excluding hydrogens is 352 g/mol. The molecular formula is C19H24N2O6. The number of amides is 2. The Morgan fingerprint density at radius 3 is 2.33 bits per heavy atom. The first kappa shape index (κ1) is 20.4. The number of hydrogen-bond acceptors (Lipinski definition) is 6. The second-order valence-electron chi connectivity index (χ2n) is 7.29. The van der Waals surface area contributed by atoms with Crippen LogP contribution in [0.5, 0.6) is 5.75 Å². The van der Waals surface area contributed by atoms with Gasteiger partial charge in [-0.1, -0.05) is 0 Å². The third-order valence-corrected chi connectivity index (χ3v) is 3.75. The molecule has 1 aliphatic heterocycles. The van der Waals surface area contributed by atoms with Crippen LogP contribution in [-0.2, 0) is 14.3 Å². The van der Waals surface area contributed by atoms with Gasteiger partial charge in [-0.25, -0.2) is 4.79 Å². The molecule has 8 heteroatoms. The number of benzene rings is 1. The summed E-state index contributed by atoms with van der Waals surface area (Å²) < 4.78 is 10.2. The highest BCUT2D eigenvalue weighted by Gasteiger charge is 2.33. The summed E-state index contributed by atoms with van der Waals surface area (Å²) in [7, 11) is 0. The van der Waals surface area contributed by atoms with Gasteiger partial charge in [-0.3, -0.25) is 14.4 Å². The predicted molar refractivity (Wildman–Crippen MR) is 96.4 cm³/mol. The molecule has 1 saturated heterocycles. The van der Waals surface area contributed by atoms with Crippen molar-refractivity contribution >= 4 is 23.8 Å². The molecule has 2 amide bonds. The van der Waals surface area contributed by atoms with Crippen molar-refractivity contribution in [1.29, 1.82) is 0 Å². The molecule has 0 aromatic heterocycles. The van der Waals surface area contributed by atoms with E-state index in [1.54, 1.807) is 20.8 Å². The zero-order valence-corrected chi connectivity index (χ0v) is 15.9. The minimum atomic E-state index is -0.799. The van der Waals surface area contributed by atoms with E-state index in [2.05, 4.69) is 5.32 Å². The fourth-order valence-corrected chi connectivity index (χ4v) is 2.53. The van der Waals surface area contributed by atoms with Crippen molar-refractivity contribution in [3.05, 3.63) is 29.8 Å². The Balaban J connectivity index is 1.99. The number of nitrogens with one attached hydrogen (secondary N) is 1. The molecule has 1 aromatic rings. The number of likely N-dealkylation sites (tertiary alicyclic amines) is 1. The number of ketones is 1. The van der Waals surface area contributed by atoms with Gasteiger partial charge in [0, 0.05) is 25.5 Å². The minimum absolute atomic E-state index is 0.0605. The summed E-state index contributed by atoms with van der Waals surface area (Å²) in [4.78, 5) is 49.1. The van der Waals surface area contributed by atoms with Crippen LogP contribution >= 0.6 is 0 Å². The fraction of sp³-hybridized carbons (Fsp3) is 0.474. The molecule has 1 fully saturated rings. The summed E-state index contributed by atoms with van der Waals surface area (Å²) in [5.74, 6) is -0.723. The van der Waals surface area contributed by atoms with Crippen LogP contribution in [0.4, 0.5) is 4.79 Å². The summed E-state index contributed by atoms with van der Waals surface area (Å²) in [6, 6.07) is 5.17. The number of nitrogens with zero attached hydrogens (tertiary/aromatic N) is 1. The van der Waals surface area contributed by atoms with Crippen molar-refractivity contribution in [2.75, 3.05) is 13.1 Å². The lowest BCUT2D eigenvalue weighted by Crippen LogP contribution is -2.55. The molecule has 0 spiro atoms. The Hall–Kier alpha value is -2.90. The molecule has 0 aliphatic carbocycles. The highest BCUT2D eigenvalue weighted by Crippen LogP contribution is 2.16. The van der Waals surface area contributed by atoms with Crippen LogP contribution in [0.3, 0.4) is 0 Å². The maximum absolute atomic E-state index is 12.4. The van der Waals surface area contributed by atoms with Crippen LogP contribution in [0.15, 0.2) is 24.3 Å². The second kappa shape index (κ2) is 8.20. The summed E-state index contributed by atoms with van der Waals surface area (Å²) in [6.45, 7) is 6.89. The quantitative estimate of drug-likeness (QED) is 0.639. The molecule has 1 heterocycles. The van der Waals surface area contributed by atoms with Gasteiger partial charge in [0.2, 0.25) is 0 Å². The number of esters is 1. The number of Topliss-reactive ketones (excluding diaryl/α,β-unsaturated/α-hetero) is 1. The molecule has 0 radical (unpaired) electrons. The zero-order chi connectivity index (χ0) is 20.2. The van der Waals surface area contributed by atoms with Gasteiger partial charge in [0.1, 0.15) is 17.4 Å². The van der Waals surface area contributed by atoms with Gasteiger partial charge in [0.05, 0.1) is 6.54 Å². The molecule has 1 aliphatic rings. The van der Waals surface area contributed by atoms with Crippen LogP contribution in [0.25, 0.3) is 0 Å². The first-order valence-electron chi connectivity index (χ1n) is 8.65. The molecule has 27 heavy (non-hydrogen) atoms. The van der Waals surface area contributed by atoms with E-state index in [9.17, 15) is 19.2 Å². The van der Waals surface area contributed by atoms with Crippen molar-refractivity contribution in [3.63, 3.8) is 0 Å². The molecule has 1 aromatic carbocycles. The van der Waals surface area contributed by atoms with Crippen LogP contribution < -0.4 is 10.1 Å². The van der Waals surface area contributed by atoms with Gasteiger partial charge in [0.25, 0.3) is 5.91 Å². The molecule has 146 valence electrons. The van der Waals surface area contributed by atoms with Crippen molar-refractivity contribution in [2.24, 2.45) is 0 Å². The van der Waals surface area contributed by atoms with Gasteiger partial charge in [0.15, 0.2) is 5.78 Å². The molecule has 1 atom stereocenters. The molecule has 8 nitrogen and oxygen atoms in total. The largest absolute Gasteiger partial charge is 0.444 e. The predicted octanol–water partition coefficient (Wildman–Crippen LogP) is 1.92. The van der Waals surface area contributed by atoms with Crippen LogP contribution in [0, 0.1) is 0 Å². The first-order chi connectivity index (χ1) is 12.5. The van der Waals surface area contributed by atoms with E-state index in [1.807, 2.05) is 0 Å². The van der Waals surface area contributed by atoms with Crippen molar-refractivity contribution in [3.8, 4) is 5.75 Å². The van der Waals surface area contributed by atoms with Crippen molar-refractivity contribution in [1.82, 2.24) is 10.2 Å². The standard InChI is InChI=1S/C19H24N2O6/c1-12(22)26-14-7-5-13(6-8-14)17(24)20-15-11-21(10-9-16(15)23)18(25)27-19(2,3)4/h5-8,15H,9-11H2,1-4H3,(H,20,24)/t15-/m0/s1. The third kappa shape index (κ3) is 6.09. The fourth-order valence-electron chi connectivity index (χ4n) is 2.53. The lowest BCUT2D eigenvalue weighted by Gasteiger charge is -2.33. The maximum atomic E-state index is 12.4. The highest BCUT2D eigenvalue weighted by atomic mass is 16.6. The van der Waals surface area contributed by atoms with E-state index in [0.29, 0.717) is 11.3 Å². The summed E-state index contributed by atoms with van der Waals surface area (Å²) in [5, 5.41) is 2.65. The van der Waals surface area contributed by atoms with Crippen LogP contribution in [0.2, 0.25) is 0 Å². The van der Waals surface area contributed by atoms with Gasteiger partial charge in [-0.05, 0) is 45.0 Å². The van der Waals surface area contributed by atoms with Crippen molar-refractivity contribution < 1.29 is 28.7 Å². The molecule has 0 bridgehead atoms. The Labute approximate surface area is 157 Å². The zero-order valence-electron chi connectivity index (χ0n) is 15.9. The Bertz CT molecular complexity index is 736. The number of carbonyl (C=O) groups is 4. The van der Waals surface area contributed by atoms with E-state index >= 15 is 0 Å². The average Bonchev–Trinajstić information content (AvgIpc) is 2.55. The van der Waals surface area contributed by atoms with E-state index in [-0.39, 0.29) is 25.3 Å². The summed E-state index contributed by atoms with van der Waals surface area (Å²) in [5.41, 5.74) is -0.325. The number of piperidine rings is 1. The molecule has 0 saturated carbocycles. The topological polar surface area (TPSA) is 102 Å². The summed E-state index contributed by atoms with van der Waals surface area (Å²) in [6.07, 6.45) is -0.366. The monoisotopic (exact) mass is 376 g/mol. The average molecular weight is 376 g/mol. The van der Waals surface area contributed by atoms with Crippen molar-refractivity contribution in [2.45, 2.75) is 45.8 Å². The van der Waals surface area contributed by atoms with Crippen LogP contribution in [0.1, 0.15) is 44.5 Å². The van der Waals surface area contributed by atoms with Gasteiger partial charge in [-0.2, -0.15) is 0 Å². The van der Waals surface area contributed by atoms with E-state index in [1.165, 1.54) is 36.1 Å². The lowest BCUT2D eigenvalue weighted by atomic mass is 10.0. The number of hydrogen-bond donors (Lipinski definition) is 1. The van der Waals surface area contributed by atoms with E-state index in [4.69, 9.17) is 9.47 Å². The van der Waals surface area contributed by atoms with Crippen LogP contribution in [-0.4, -0.2) is 53.4 Å². The normalized spacial score (nSPS) is 17.3. The molecule has 2 rings (SSSR count). The Kier molecular flexibility index (Phi) is 6.20. The number of rotatable bonds is 3. The maximum Gasteiger partial charge on any atom is 0.410 e. The smallest absolute Gasteiger partial charge is 0.410 e. The third-order valence-electron chi connectivity index (χ3n) is 3.75. The van der Waals surface area contributed by atoms with E-state index < -0.39 is 29.6 Å². The Morgan fingerprint density at radius 2 is 1.78 bits per heavy atom. The SMILES string of the molecule is CC(=O)Oc1ccc(C(=O)N[C@H]2CN(C(=O)OC(C)(C)C)CCC2=O)cc1. The number of carbonyl (C=O) groups excluding carboxylic acids is 4. The minimum Gasteiger partial charge on any atom is -0.444 e. The second-order valence-corrected chi connectivity index (χ2v) is 7.29. The molecule has 0 unspecified atom stereocenters. The Morgan fingerprint density at radius 1 is 1.15 bits per heavy atom. The van der Waals surface area contributed by atoms with Gasteiger partial charge >= 0.3 is 12.1 Å². The summed E-state index contributed by atoms with van der Waals surface area (Å²) >= 11 is 0. The van der Waals surface area contributed by atoms with Gasteiger partial charge in [-0.15, -0.1) is 0 Å². The lowest BCUT2D eigenvalue weighted by molar-refractivity contribution is -0.132. The van der Waals surface area contributed by atoms with Gasteiger partial charge < -0.3 is 19.7 Å². The number of ether oxygens (including phenoxy) is 2.